The molecule has 1 atom stereocenters. The van der Waals surface area contributed by atoms with Crippen LogP contribution in [0.2, 0.25) is 0 Å². The van der Waals surface area contributed by atoms with Gasteiger partial charge in [0.15, 0.2) is 0 Å². The van der Waals surface area contributed by atoms with Gasteiger partial charge in [-0.15, -0.1) is 0 Å². The van der Waals surface area contributed by atoms with E-state index in [-0.39, 0.29) is 23.3 Å². The van der Waals surface area contributed by atoms with Gasteiger partial charge in [0.25, 0.3) is 5.91 Å². The summed E-state index contributed by atoms with van der Waals surface area (Å²) in [5, 5.41) is 0. The second-order valence-corrected chi connectivity index (χ2v) is 7.74. The topological polar surface area (TPSA) is 49.9 Å². The predicted octanol–water partition coefficient (Wildman–Crippen LogP) is 2.21. The number of ether oxygens (including phenoxy) is 1. The van der Waals surface area contributed by atoms with E-state index in [1.807, 2.05) is 28.0 Å². The van der Waals surface area contributed by atoms with Crippen LogP contribution in [-0.4, -0.2) is 54.0 Å². The summed E-state index contributed by atoms with van der Waals surface area (Å²) in [5.74, 6) is 0.403. The molecule has 0 aliphatic carbocycles. The van der Waals surface area contributed by atoms with Gasteiger partial charge in [0.1, 0.15) is 6.10 Å². The van der Waals surface area contributed by atoms with E-state index in [9.17, 15) is 9.59 Å². The SMILES string of the molecule is O=C1CC2(CCN(C(=O)C3CCCO3)CC2)CN1Cc1ccccc1. The lowest BCUT2D eigenvalue weighted by Crippen LogP contribution is -2.47. The Morgan fingerprint density at radius 1 is 1.20 bits per heavy atom. The number of amides is 2. The van der Waals surface area contributed by atoms with Gasteiger partial charge in [-0.25, -0.2) is 0 Å². The number of rotatable bonds is 3. The molecule has 1 spiro atoms. The third-order valence-corrected chi connectivity index (χ3v) is 5.96. The second kappa shape index (κ2) is 6.79. The molecule has 25 heavy (non-hydrogen) atoms. The number of likely N-dealkylation sites (tertiary alicyclic amines) is 2. The van der Waals surface area contributed by atoms with Crippen molar-refractivity contribution in [1.82, 2.24) is 9.80 Å². The molecule has 3 aliphatic rings. The molecule has 0 N–H and O–H groups in total. The van der Waals surface area contributed by atoms with E-state index in [2.05, 4.69) is 12.1 Å². The first-order valence-corrected chi connectivity index (χ1v) is 9.37. The van der Waals surface area contributed by atoms with Crippen LogP contribution in [0.1, 0.15) is 37.7 Å². The Hall–Kier alpha value is -1.88. The van der Waals surface area contributed by atoms with E-state index in [4.69, 9.17) is 4.74 Å². The van der Waals surface area contributed by atoms with Crippen LogP contribution in [-0.2, 0) is 20.9 Å². The highest BCUT2D eigenvalue weighted by Gasteiger charge is 2.45. The van der Waals surface area contributed by atoms with E-state index >= 15 is 0 Å². The quantitative estimate of drug-likeness (QED) is 0.846. The first kappa shape index (κ1) is 16.6. The van der Waals surface area contributed by atoms with Crippen molar-refractivity contribution < 1.29 is 14.3 Å². The fourth-order valence-corrected chi connectivity index (χ4v) is 4.44. The van der Waals surface area contributed by atoms with Crippen molar-refractivity contribution in [2.75, 3.05) is 26.2 Å². The molecule has 3 heterocycles. The first-order chi connectivity index (χ1) is 12.2. The van der Waals surface area contributed by atoms with Gasteiger partial charge in [0, 0.05) is 44.6 Å². The zero-order valence-electron chi connectivity index (χ0n) is 14.7. The maximum atomic E-state index is 12.5. The Morgan fingerprint density at radius 3 is 2.64 bits per heavy atom. The summed E-state index contributed by atoms with van der Waals surface area (Å²) in [4.78, 5) is 28.9. The van der Waals surface area contributed by atoms with Gasteiger partial charge >= 0.3 is 0 Å². The number of benzene rings is 1. The van der Waals surface area contributed by atoms with Crippen LogP contribution in [0, 0.1) is 5.41 Å². The number of nitrogens with zero attached hydrogens (tertiary/aromatic N) is 2. The van der Waals surface area contributed by atoms with Gasteiger partial charge in [0.05, 0.1) is 0 Å². The molecule has 2 amide bonds. The average Bonchev–Trinajstić information content (AvgIpc) is 3.25. The molecule has 0 aromatic heterocycles. The van der Waals surface area contributed by atoms with Crippen molar-refractivity contribution in [3.63, 3.8) is 0 Å². The van der Waals surface area contributed by atoms with Crippen molar-refractivity contribution in [1.29, 1.82) is 0 Å². The molecule has 0 bridgehead atoms. The van der Waals surface area contributed by atoms with Crippen LogP contribution in [0.5, 0.6) is 0 Å². The van der Waals surface area contributed by atoms with Crippen LogP contribution >= 0.6 is 0 Å². The Labute approximate surface area is 148 Å². The van der Waals surface area contributed by atoms with Gasteiger partial charge in [-0.2, -0.15) is 0 Å². The molecule has 0 saturated carbocycles. The van der Waals surface area contributed by atoms with Crippen LogP contribution < -0.4 is 0 Å². The van der Waals surface area contributed by atoms with Crippen molar-refractivity contribution in [3.8, 4) is 0 Å². The summed E-state index contributed by atoms with van der Waals surface area (Å²) >= 11 is 0. The molecular formula is C20H26N2O3. The maximum Gasteiger partial charge on any atom is 0.251 e. The molecule has 1 aromatic rings. The fraction of sp³-hybridized carbons (Fsp3) is 0.600. The molecule has 1 aromatic carbocycles. The van der Waals surface area contributed by atoms with Crippen molar-refractivity contribution in [2.24, 2.45) is 5.41 Å². The highest BCUT2D eigenvalue weighted by molar-refractivity contribution is 5.82. The normalized spacial score (nSPS) is 25.8. The molecular weight excluding hydrogens is 316 g/mol. The van der Waals surface area contributed by atoms with Crippen LogP contribution in [0.4, 0.5) is 0 Å². The maximum absolute atomic E-state index is 12.5. The molecule has 3 fully saturated rings. The highest BCUT2D eigenvalue weighted by Crippen LogP contribution is 2.41. The lowest BCUT2D eigenvalue weighted by Gasteiger charge is -2.39. The minimum Gasteiger partial charge on any atom is -0.368 e. The lowest BCUT2D eigenvalue weighted by atomic mass is 9.77. The van der Waals surface area contributed by atoms with Crippen LogP contribution in [0.3, 0.4) is 0 Å². The summed E-state index contributed by atoms with van der Waals surface area (Å²) in [5.41, 5.74) is 1.23. The third kappa shape index (κ3) is 3.43. The standard InChI is InChI=1S/C20H26N2O3/c23-18-13-20(15-22(18)14-16-5-2-1-3-6-16)8-10-21(11-9-20)19(24)17-7-4-12-25-17/h1-3,5-6,17H,4,7-15H2. The monoisotopic (exact) mass is 342 g/mol. The highest BCUT2D eigenvalue weighted by atomic mass is 16.5. The van der Waals surface area contributed by atoms with E-state index < -0.39 is 0 Å². The second-order valence-electron chi connectivity index (χ2n) is 7.74. The van der Waals surface area contributed by atoms with Gasteiger partial charge < -0.3 is 14.5 Å². The molecule has 134 valence electrons. The zero-order chi connectivity index (χ0) is 17.3. The Morgan fingerprint density at radius 2 is 1.96 bits per heavy atom. The van der Waals surface area contributed by atoms with E-state index in [0.717, 1.165) is 45.3 Å². The summed E-state index contributed by atoms with van der Waals surface area (Å²) in [6, 6.07) is 10.2. The third-order valence-electron chi connectivity index (χ3n) is 5.96. The smallest absolute Gasteiger partial charge is 0.251 e. The molecule has 4 rings (SSSR count). The molecule has 5 nitrogen and oxygen atoms in total. The van der Waals surface area contributed by atoms with Gasteiger partial charge in [-0.05, 0) is 31.2 Å². The fourth-order valence-electron chi connectivity index (χ4n) is 4.44. The number of hydrogen-bond donors (Lipinski definition) is 0. The molecule has 0 radical (unpaired) electrons. The van der Waals surface area contributed by atoms with Gasteiger partial charge in [0.2, 0.25) is 5.91 Å². The number of carbonyl (C=O) groups excluding carboxylic acids is 2. The minimum absolute atomic E-state index is 0.0547. The number of carbonyl (C=O) groups is 2. The van der Waals surface area contributed by atoms with E-state index in [1.54, 1.807) is 0 Å². The summed E-state index contributed by atoms with van der Waals surface area (Å²) in [6.07, 6.45) is 4.07. The predicted molar refractivity (Wildman–Crippen MR) is 93.7 cm³/mol. The Kier molecular flexibility index (Phi) is 4.50. The number of hydrogen-bond acceptors (Lipinski definition) is 3. The molecule has 1 unspecified atom stereocenters. The Balaban J connectivity index is 1.35. The first-order valence-electron chi connectivity index (χ1n) is 9.37. The van der Waals surface area contributed by atoms with Crippen LogP contribution in [0.25, 0.3) is 0 Å². The van der Waals surface area contributed by atoms with Gasteiger partial charge in [-0.1, -0.05) is 30.3 Å². The molecule has 5 heteroatoms. The van der Waals surface area contributed by atoms with E-state index in [1.165, 1.54) is 5.56 Å². The minimum atomic E-state index is -0.228. The number of piperidine rings is 1. The van der Waals surface area contributed by atoms with Crippen molar-refractivity contribution in [2.45, 2.75) is 44.8 Å². The summed E-state index contributed by atoms with van der Waals surface area (Å²) in [7, 11) is 0. The largest absolute Gasteiger partial charge is 0.368 e. The van der Waals surface area contributed by atoms with E-state index in [0.29, 0.717) is 19.6 Å². The summed E-state index contributed by atoms with van der Waals surface area (Å²) < 4.78 is 5.53. The molecule has 3 aliphatic heterocycles. The van der Waals surface area contributed by atoms with Crippen molar-refractivity contribution in [3.05, 3.63) is 35.9 Å². The van der Waals surface area contributed by atoms with Crippen molar-refractivity contribution >= 4 is 11.8 Å². The van der Waals surface area contributed by atoms with Gasteiger partial charge in [-0.3, -0.25) is 9.59 Å². The zero-order valence-corrected chi connectivity index (χ0v) is 14.7. The lowest BCUT2D eigenvalue weighted by molar-refractivity contribution is -0.143. The van der Waals surface area contributed by atoms with Crippen LogP contribution in [0.15, 0.2) is 30.3 Å². The average molecular weight is 342 g/mol. The summed E-state index contributed by atoms with van der Waals surface area (Å²) in [6.45, 7) is 3.73. The Bertz CT molecular complexity index is 632. The molecule has 3 saturated heterocycles.